The number of hydrogen-bond acceptors (Lipinski definition) is 2. The number of hydrogen-bond donors (Lipinski definition) is 0. The summed E-state index contributed by atoms with van der Waals surface area (Å²) in [7, 11) is 0. The Morgan fingerprint density at radius 2 is 2.05 bits per heavy atom. The number of aryl methyl sites for hydroxylation is 1. The number of alkyl halides is 3. The van der Waals surface area contributed by atoms with Crippen LogP contribution in [0, 0.1) is 0 Å². The predicted octanol–water partition coefficient (Wildman–Crippen LogP) is 3.59. The molecule has 19 heavy (non-hydrogen) atoms. The highest BCUT2D eigenvalue weighted by Crippen LogP contribution is 2.38. The number of benzene rings is 1. The normalized spacial score (nSPS) is 15.9. The van der Waals surface area contributed by atoms with Crippen molar-refractivity contribution in [2.24, 2.45) is 0 Å². The fraction of sp³-hybridized carbons (Fsp3) is 0.462. The van der Waals surface area contributed by atoms with Crippen molar-refractivity contribution in [2.75, 3.05) is 6.54 Å². The molecule has 2 nitrogen and oxygen atoms in total. The zero-order valence-electron chi connectivity index (χ0n) is 10.5. The fourth-order valence-electron chi connectivity index (χ4n) is 2.20. The number of fused-ring (bicyclic) bond motifs is 1. The third-order valence-corrected chi connectivity index (χ3v) is 3.81. The first kappa shape index (κ1) is 14.2. The summed E-state index contributed by atoms with van der Waals surface area (Å²) in [5.41, 5.74) is -2.42. The zero-order valence-corrected chi connectivity index (χ0v) is 11.3. The number of halogens is 3. The van der Waals surface area contributed by atoms with E-state index in [0.29, 0.717) is 13.1 Å². The van der Waals surface area contributed by atoms with E-state index in [1.54, 1.807) is 17.0 Å². The molecule has 0 fully saturated rings. The van der Waals surface area contributed by atoms with Crippen LogP contribution < -0.4 is 0 Å². The second-order valence-electron chi connectivity index (χ2n) is 4.52. The number of thioether (sulfide) groups is 1. The summed E-state index contributed by atoms with van der Waals surface area (Å²) in [5.74, 6) is -0.0401. The van der Waals surface area contributed by atoms with Crippen LogP contribution in [0.3, 0.4) is 0 Å². The summed E-state index contributed by atoms with van der Waals surface area (Å²) >= 11 is -0.113. The Morgan fingerprint density at radius 1 is 1.32 bits per heavy atom. The molecule has 0 atom stereocenters. The van der Waals surface area contributed by atoms with Crippen LogP contribution in [0.15, 0.2) is 23.1 Å². The summed E-state index contributed by atoms with van der Waals surface area (Å²) in [6, 6.07) is 4.79. The highest BCUT2D eigenvalue weighted by atomic mass is 32.2. The number of carbonyl (C=O) groups excluding carboxylic acids is 1. The molecule has 0 bridgehead atoms. The van der Waals surface area contributed by atoms with Gasteiger partial charge in [0.25, 0.3) is 0 Å². The third kappa shape index (κ3) is 3.89. The lowest BCUT2D eigenvalue weighted by atomic mass is 10.0. The molecule has 1 heterocycles. The zero-order chi connectivity index (χ0) is 14.0. The molecule has 0 saturated carbocycles. The topological polar surface area (TPSA) is 20.3 Å². The highest BCUT2D eigenvalue weighted by molar-refractivity contribution is 8.00. The molecule has 6 heteroatoms. The van der Waals surface area contributed by atoms with Crippen LogP contribution in [0.25, 0.3) is 0 Å². The number of rotatable bonds is 1. The molecule has 0 aliphatic carbocycles. The van der Waals surface area contributed by atoms with Gasteiger partial charge in [-0.25, -0.2) is 0 Å². The molecule has 1 aliphatic heterocycles. The van der Waals surface area contributed by atoms with Gasteiger partial charge in [0, 0.05) is 24.9 Å². The van der Waals surface area contributed by atoms with Crippen molar-refractivity contribution in [2.45, 2.75) is 36.7 Å². The van der Waals surface area contributed by atoms with Gasteiger partial charge in [0.1, 0.15) is 0 Å². The second-order valence-corrected chi connectivity index (χ2v) is 5.66. The van der Waals surface area contributed by atoms with Crippen LogP contribution in [0.4, 0.5) is 13.2 Å². The minimum absolute atomic E-state index is 0.0401. The summed E-state index contributed by atoms with van der Waals surface area (Å²) in [4.78, 5) is 13.3. The molecule has 0 saturated heterocycles. The van der Waals surface area contributed by atoms with Gasteiger partial charge in [0.05, 0.1) is 0 Å². The second kappa shape index (κ2) is 5.45. The van der Waals surface area contributed by atoms with E-state index >= 15 is 0 Å². The lowest BCUT2D eigenvalue weighted by Crippen LogP contribution is -2.28. The van der Waals surface area contributed by atoms with Gasteiger partial charge >= 0.3 is 5.51 Å². The van der Waals surface area contributed by atoms with Crippen molar-refractivity contribution < 1.29 is 18.0 Å². The van der Waals surface area contributed by atoms with Gasteiger partial charge < -0.3 is 4.90 Å². The van der Waals surface area contributed by atoms with E-state index in [1.165, 1.54) is 13.0 Å². The molecule has 2 rings (SSSR count). The van der Waals surface area contributed by atoms with Crippen molar-refractivity contribution in [3.63, 3.8) is 0 Å². The van der Waals surface area contributed by atoms with E-state index in [0.717, 1.165) is 24.0 Å². The predicted molar refractivity (Wildman–Crippen MR) is 67.8 cm³/mol. The molecular weight excluding hydrogens is 275 g/mol. The van der Waals surface area contributed by atoms with Crippen molar-refractivity contribution in [3.8, 4) is 0 Å². The van der Waals surface area contributed by atoms with Crippen LogP contribution in [0.2, 0.25) is 0 Å². The maximum atomic E-state index is 12.4. The molecule has 0 N–H and O–H groups in total. The van der Waals surface area contributed by atoms with E-state index in [4.69, 9.17) is 0 Å². The van der Waals surface area contributed by atoms with E-state index in [-0.39, 0.29) is 22.6 Å². The Labute approximate surface area is 114 Å². The fourth-order valence-corrected chi connectivity index (χ4v) is 2.81. The van der Waals surface area contributed by atoms with Crippen molar-refractivity contribution in [1.29, 1.82) is 0 Å². The number of amides is 1. The summed E-state index contributed by atoms with van der Waals surface area (Å²) in [5, 5.41) is 0. The standard InChI is InChI=1S/C13H14F3NOS/c1-9(18)17-6-2-3-10-4-5-12(7-11(10)8-17)19-13(14,15)16/h4-5,7H,2-3,6,8H2,1H3. The van der Waals surface area contributed by atoms with Crippen LogP contribution in [0.5, 0.6) is 0 Å². The molecule has 0 aromatic heterocycles. The molecule has 1 aliphatic rings. The maximum absolute atomic E-state index is 12.4. The number of carbonyl (C=O) groups is 1. The SMILES string of the molecule is CC(=O)N1CCCc2ccc(SC(F)(F)F)cc2C1. The molecule has 1 amide bonds. The van der Waals surface area contributed by atoms with Gasteiger partial charge in [-0.1, -0.05) is 6.07 Å². The first-order chi connectivity index (χ1) is 8.85. The van der Waals surface area contributed by atoms with Crippen LogP contribution in [-0.4, -0.2) is 22.9 Å². The van der Waals surface area contributed by atoms with Crippen molar-refractivity contribution >= 4 is 17.7 Å². The van der Waals surface area contributed by atoms with E-state index in [9.17, 15) is 18.0 Å². The minimum Gasteiger partial charge on any atom is -0.339 e. The maximum Gasteiger partial charge on any atom is 0.446 e. The van der Waals surface area contributed by atoms with Crippen molar-refractivity contribution in [1.82, 2.24) is 4.90 Å². The van der Waals surface area contributed by atoms with Gasteiger partial charge in [-0.2, -0.15) is 13.2 Å². The Hall–Kier alpha value is -1.17. The van der Waals surface area contributed by atoms with Gasteiger partial charge in [0.15, 0.2) is 0 Å². The minimum atomic E-state index is -4.28. The molecule has 0 unspecified atom stereocenters. The quantitative estimate of drug-likeness (QED) is 0.736. The molecule has 0 spiro atoms. The average molecular weight is 289 g/mol. The van der Waals surface area contributed by atoms with Gasteiger partial charge in [0.2, 0.25) is 5.91 Å². The largest absolute Gasteiger partial charge is 0.446 e. The van der Waals surface area contributed by atoms with Crippen LogP contribution in [0.1, 0.15) is 24.5 Å². The highest BCUT2D eigenvalue weighted by Gasteiger charge is 2.29. The van der Waals surface area contributed by atoms with E-state index < -0.39 is 5.51 Å². The number of nitrogens with zero attached hydrogens (tertiary/aromatic N) is 1. The van der Waals surface area contributed by atoms with E-state index in [2.05, 4.69) is 0 Å². The first-order valence-corrected chi connectivity index (χ1v) is 6.80. The van der Waals surface area contributed by atoms with Crippen LogP contribution in [-0.2, 0) is 17.8 Å². The molecule has 104 valence electrons. The van der Waals surface area contributed by atoms with Crippen LogP contribution >= 0.6 is 11.8 Å². The Kier molecular flexibility index (Phi) is 4.08. The lowest BCUT2D eigenvalue weighted by Gasteiger charge is -2.19. The van der Waals surface area contributed by atoms with Gasteiger partial charge in [-0.3, -0.25) is 4.79 Å². The molecule has 0 radical (unpaired) electrons. The Balaban J connectivity index is 2.25. The summed E-state index contributed by atoms with van der Waals surface area (Å²) < 4.78 is 37.1. The third-order valence-electron chi connectivity index (χ3n) is 3.09. The van der Waals surface area contributed by atoms with Crippen molar-refractivity contribution in [3.05, 3.63) is 29.3 Å². The van der Waals surface area contributed by atoms with E-state index in [1.807, 2.05) is 0 Å². The Morgan fingerprint density at radius 3 is 2.68 bits per heavy atom. The molecular formula is C13H14F3NOS. The molecule has 1 aromatic rings. The van der Waals surface area contributed by atoms with Gasteiger partial charge in [-0.15, -0.1) is 0 Å². The molecule has 1 aromatic carbocycles. The lowest BCUT2D eigenvalue weighted by molar-refractivity contribution is -0.129. The Bertz CT molecular complexity index is 487. The summed E-state index contributed by atoms with van der Waals surface area (Å²) in [6.45, 7) is 2.54. The summed E-state index contributed by atoms with van der Waals surface area (Å²) in [6.07, 6.45) is 1.65. The van der Waals surface area contributed by atoms with Gasteiger partial charge in [-0.05, 0) is 47.9 Å². The monoisotopic (exact) mass is 289 g/mol. The smallest absolute Gasteiger partial charge is 0.339 e. The average Bonchev–Trinajstić information content (AvgIpc) is 2.48. The first-order valence-electron chi connectivity index (χ1n) is 5.98.